The molecular weight excluding hydrogens is 151 g/mol. The summed E-state index contributed by atoms with van der Waals surface area (Å²) in [6.07, 6.45) is 0. The Kier molecular flexibility index (Phi) is 5.75. The molecule has 0 unspecified atom stereocenters. The molecule has 0 saturated carbocycles. The fourth-order valence-electron chi connectivity index (χ4n) is 0. The van der Waals surface area contributed by atoms with Crippen molar-refractivity contribution < 1.29 is 31.2 Å². The third-order valence-corrected chi connectivity index (χ3v) is 3.19. The Hall–Kier alpha value is 1.32. The second-order valence-electron chi connectivity index (χ2n) is 0.354. The second-order valence-corrected chi connectivity index (χ2v) is 4.37. The van der Waals surface area contributed by atoms with Crippen molar-refractivity contribution in [2.24, 2.45) is 0 Å². The van der Waals surface area contributed by atoms with Crippen molar-refractivity contribution in [3.05, 3.63) is 0 Å². The molecule has 0 aliphatic carbocycles. The van der Waals surface area contributed by atoms with Crippen LogP contribution in [-0.4, -0.2) is 13.7 Å². The Morgan fingerprint density at radius 1 is 1.75 bits per heavy atom. The molecule has 4 heteroatoms. The van der Waals surface area contributed by atoms with E-state index in [2.05, 4.69) is 31.2 Å². The van der Waals surface area contributed by atoms with Crippen LogP contribution in [0.1, 0.15) is 0 Å². The van der Waals surface area contributed by atoms with Gasteiger partial charge in [-0.2, -0.15) is 0 Å². The quantitative estimate of drug-likeness (QED) is 0.400. The molecule has 26 valence electrons. The Labute approximate surface area is 45.0 Å². The Balaban J connectivity index is 1.97. The molecule has 0 aliphatic rings. The van der Waals surface area contributed by atoms with E-state index in [-0.39, 0.29) is 8.00 Å². The monoisotopic (exact) mass is 154 g/mol. The predicted octanol–water partition coefficient (Wildman–Crippen LogP) is -1.57. The normalized spacial score (nSPS) is 9.50. The van der Waals surface area contributed by atoms with Gasteiger partial charge in [-0.15, -0.1) is 0 Å². The van der Waals surface area contributed by atoms with E-state index in [1.807, 2.05) is 0 Å². The van der Waals surface area contributed by atoms with Gasteiger partial charge in [-0.05, 0) is 0 Å². The van der Waals surface area contributed by atoms with Crippen molar-refractivity contribution >= 4 is 13.7 Å². The van der Waals surface area contributed by atoms with E-state index in [1.54, 1.807) is 0 Å². The molecule has 0 spiro atoms. The molecule has 0 aliphatic heterocycles. The summed E-state index contributed by atoms with van der Waals surface area (Å²) in [5.41, 5.74) is 1.10. The molecule has 0 fully saturated rings. The first kappa shape index (κ1) is 5.32. The van der Waals surface area contributed by atoms with Crippen LogP contribution in [0.4, 0.5) is 0 Å². The summed E-state index contributed by atoms with van der Waals surface area (Å²) in [5.74, 6) is 0. The van der Waals surface area contributed by atoms with Crippen molar-refractivity contribution in [1.82, 2.24) is 0 Å². The number of rotatable bonds is 1. The van der Waals surface area contributed by atoms with Gasteiger partial charge in [0.1, 0.15) is 0 Å². The van der Waals surface area contributed by atoms with Crippen molar-refractivity contribution in [2.45, 2.75) is 0 Å². The van der Waals surface area contributed by atoms with Crippen LogP contribution in [0.15, 0.2) is 0 Å². The van der Waals surface area contributed by atoms with E-state index in [4.69, 9.17) is 0 Å². The summed E-state index contributed by atoms with van der Waals surface area (Å²) in [6.45, 7) is 0. The van der Waals surface area contributed by atoms with Gasteiger partial charge in [-0.1, -0.05) is 0 Å². The van der Waals surface area contributed by atoms with E-state index in [0.29, 0.717) is 0 Å². The maximum absolute atomic E-state index is 3.68. The summed E-state index contributed by atoms with van der Waals surface area (Å²) in [5, 5.41) is 0. The zero-order valence-electron chi connectivity index (χ0n) is 2.12. The van der Waals surface area contributed by atoms with Gasteiger partial charge in [-0.25, -0.2) is 0 Å². The van der Waals surface area contributed by atoms with Crippen LogP contribution >= 0.6 is 0 Å². The molecule has 0 aromatic rings. The Bertz CT molecular complexity index is 8.00. The average molecular weight is 154 g/mol. The molecule has 4 heavy (non-hydrogen) atoms. The van der Waals surface area contributed by atoms with Crippen LogP contribution in [0.3, 0.4) is 0 Å². The molecule has 0 saturated heterocycles. The molecule has 0 nitrogen and oxygen atoms in total. The van der Waals surface area contributed by atoms with Crippen LogP contribution in [0, 0.1) is 0 Å². The van der Waals surface area contributed by atoms with Crippen LogP contribution in [0.5, 0.6) is 0 Å². The van der Waals surface area contributed by atoms with Crippen LogP contribution in [0.25, 0.3) is 0 Å². The van der Waals surface area contributed by atoms with E-state index >= 15 is 0 Å². The van der Waals surface area contributed by atoms with Gasteiger partial charge in [0.05, 0.1) is 0 Å². The summed E-state index contributed by atoms with van der Waals surface area (Å²) < 4.78 is 0. The summed E-state index contributed by atoms with van der Waals surface area (Å²) in [7, 11) is 0.0633. The first-order chi connectivity index (χ1) is 1.91. The van der Waals surface area contributed by atoms with Gasteiger partial charge in [-0.3, -0.25) is 0 Å². The van der Waals surface area contributed by atoms with Gasteiger partial charge >= 0.3 is 44.9 Å². The second kappa shape index (κ2) is 4.32. The first-order valence-electron chi connectivity index (χ1n) is 1.000. The molecule has 0 atom stereocenters. The van der Waals surface area contributed by atoms with E-state index in [0.717, 1.165) is 5.68 Å². The zero-order chi connectivity index (χ0) is 3.41. The van der Waals surface area contributed by atoms with E-state index in [9.17, 15) is 0 Å². The van der Waals surface area contributed by atoms with Crippen LogP contribution in [-0.2, 0) is 31.2 Å². The van der Waals surface area contributed by atoms with Gasteiger partial charge in [0, 0.05) is 0 Å². The molecule has 0 aromatic carbocycles. The molecule has 0 N–H and O–H groups in total. The molecule has 0 radical (unpaired) electrons. The fraction of sp³-hybridized carbons (Fsp3) is 0. The van der Waals surface area contributed by atoms with Crippen LogP contribution in [0.2, 0.25) is 0 Å². The van der Waals surface area contributed by atoms with Gasteiger partial charge in [0.25, 0.3) is 0 Å². The van der Waals surface area contributed by atoms with Gasteiger partial charge in [0.2, 0.25) is 0 Å². The summed E-state index contributed by atoms with van der Waals surface area (Å²) >= 11 is 7.28. The molecule has 0 bridgehead atoms. The number of hydrogen-bond acceptors (Lipinski definition) is 0. The Morgan fingerprint density at radius 2 is 2.00 bits per heavy atom. The zero-order valence-corrected chi connectivity index (χ0v) is 5.74. The fourth-order valence-corrected chi connectivity index (χ4v) is 0. The van der Waals surface area contributed by atoms with Crippen molar-refractivity contribution in [3.63, 3.8) is 0 Å². The topological polar surface area (TPSA) is 0 Å². The number of hydrogen-bond donors (Lipinski definition) is 0. The van der Waals surface area contributed by atoms with Gasteiger partial charge in [0.15, 0.2) is 0 Å². The SMILES string of the molecule is [Fe][BH][SiH2][Fe]. The molecule has 0 heterocycles. The Morgan fingerprint density at radius 3 is 2.00 bits per heavy atom. The third kappa shape index (κ3) is 3.32. The summed E-state index contributed by atoms with van der Waals surface area (Å²) in [4.78, 5) is 0. The minimum atomic E-state index is 0.0633. The standard InChI is InChI=1S/BH3Si.2Fe/c1-2;;/h1H,2H2;;/q+1;;-1. The van der Waals surface area contributed by atoms with Crippen molar-refractivity contribution in [2.75, 3.05) is 0 Å². The molecule has 0 amide bonds. The third-order valence-electron chi connectivity index (χ3n) is 0.0625. The molecule has 0 rings (SSSR count). The average Bonchev–Trinajstić information content (AvgIpc) is 1.37. The summed E-state index contributed by atoms with van der Waals surface area (Å²) in [6, 6.07) is 0. The van der Waals surface area contributed by atoms with Gasteiger partial charge < -0.3 is 0 Å². The predicted molar refractivity (Wildman–Crippen MR) is 15.7 cm³/mol. The van der Waals surface area contributed by atoms with E-state index < -0.39 is 0 Å². The van der Waals surface area contributed by atoms with Crippen LogP contribution < -0.4 is 0 Å². The molecular formula is H3BFe2Si. The van der Waals surface area contributed by atoms with Crippen molar-refractivity contribution in [3.8, 4) is 0 Å². The molecule has 0 aromatic heterocycles. The minimum absolute atomic E-state index is 0.0633. The van der Waals surface area contributed by atoms with Crippen molar-refractivity contribution in [1.29, 1.82) is 0 Å². The van der Waals surface area contributed by atoms with E-state index in [1.165, 1.54) is 0 Å². The maximum atomic E-state index is 3.68. The first-order valence-corrected chi connectivity index (χ1v) is 5.62.